The lowest BCUT2D eigenvalue weighted by atomic mass is 10.0. The lowest BCUT2D eigenvalue weighted by molar-refractivity contribution is 0.158. The normalized spacial score (nSPS) is 19.7. The van der Waals surface area contributed by atoms with Crippen LogP contribution in [0.3, 0.4) is 0 Å². The highest BCUT2D eigenvalue weighted by atomic mass is 28.4. The molecule has 1 unspecified atom stereocenters. The van der Waals surface area contributed by atoms with E-state index >= 15 is 0 Å². The molecule has 118 valence electrons. The molecule has 1 rings (SSSR count). The highest BCUT2D eigenvalue weighted by Gasteiger charge is 2.45. The Morgan fingerprint density at radius 3 is 1.75 bits per heavy atom. The number of aliphatic hydroxyl groups excluding tert-OH is 1. The van der Waals surface area contributed by atoms with Crippen molar-refractivity contribution in [2.45, 2.75) is 84.5 Å². The molecule has 20 heavy (non-hydrogen) atoms. The van der Waals surface area contributed by atoms with Crippen molar-refractivity contribution >= 4 is 8.32 Å². The van der Waals surface area contributed by atoms with Crippen molar-refractivity contribution in [3.8, 4) is 0 Å². The van der Waals surface area contributed by atoms with Crippen LogP contribution in [0.2, 0.25) is 16.6 Å². The first-order valence-corrected chi connectivity index (χ1v) is 10.2. The highest BCUT2D eigenvalue weighted by molar-refractivity contribution is 6.77. The maximum absolute atomic E-state index is 10.2. The van der Waals surface area contributed by atoms with Gasteiger partial charge in [-0.05, 0) is 28.6 Å². The second-order valence-corrected chi connectivity index (χ2v) is 13.3. The van der Waals surface area contributed by atoms with Crippen LogP contribution < -0.4 is 0 Å². The molecular formula is C17H34O2Si. The predicted molar refractivity (Wildman–Crippen MR) is 89.5 cm³/mol. The smallest absolute Gasteiger partial charge is 0.200 e. The number of aliphatic hydroxyl groups is 1. The predicted octanol–water partition coefficient (Wildman–Crippen LogP) is 4.90. The van der Waals surface area contributed by atoms with Crippen LogP contribution in [-0.2, 0) is 4.43 Å². The van der Waals surface area contributed by atoms with Gasteiger partial charge in [0.2, 0.25) is 0 Å². The van der Waals surface area contributed by atoms with Gasteiger partial charge in [0.1, 0.15) is 0 Å². The van der Waals surface area contributed by atoms with Gasteiger partial charge in [0.05, 0.1) is 6.10 Å². The molecule has 0 aromatic rings. The van der Waals surface area contributed by atoms with Crippen molar-refractivity contribution in [1.82, 2.24) is 0 Å². The first kappa shape index (κ1) is 17.9. The second-order valence-electron chi connectivity index (χ2n) is 7.79. The number of rotatable bonds is 8. The topological polar surface area (TPSA) is 29.5 Å². The molecule has 0 heterocycles. The highest BCUT2D eigenvalue weighted by Crippen LogP contribution is 2.46. The molecule has 1 aliphatic carbocycles. The monoisotopic (exact) mass is 298 g/mol. The van der Waals surface area contributed by atoms with E-state index in [1.165, 1.54) is 5.57 Å². The largest absolute Gasteiger partial charge is 0.416 e. The first-order chi connectivity index (χ1) is 9.05. The van der Waals surface area contributed by atoms with Crippen LogP contribution in [0.1, 0.15) is 61.8 Å². The Labute approximate surface area is 126 Å². The van der Waals surface area contributed by atoms with Gasteiger partial charge < -0.3 is 9.53 Å². The quantitative estimate of drug-likeness (QED) is 0.510. The molecular weight excluding hydrogens is 264 g/mol. The summed E-state index contributed by atoms with van der Waals surface area (Å²) in [5.74, 6) is 0. The van der Waals surface area contributed by atoms with E-state index in [1.54, 1.807) is 0 Å². The summed E-state index contributed by atoms with van der Waals surface area (Å²) in [6.07, 6.45) is 2.58. The standard InChI is InChI=1S/C17H34O2Si/c1-12(2)20(13(3)4,14(5)6)19-10-9-16(18)15-11-17(15,7)8/h11-14,16,18H,9-10H2,1-8H3. The Balaban J connectivity index is 2.58. The average molecular weight is 299 g/mol. The lowest BCUT2D eigenvalue weighted by Gasteiger charge is -2.42. The Kier molecular flexibility index (Phi) is 5.67. The minimum atomic E-state index is -1.78. The zero-order chi connectivity index (χ0) is 15.7. The van der Waals surface area contributed by atoms with Gasteiger partial charge in [-0.3, -0.25) is 0 Å². The summed E-state index contributed by atoms with van der Waals surface area (Å²) in [7, 11) is -1.78. The van der Waals surface area contributed by atoms with Gasteiger partial charge in [-0.1, -0.05) is 61.5 Å². The van der Waals surface area contributed by atoms with E-state index < -0.39 is 8.32 Å². The van der Waals surface area contributed by atoms with Crippen LogP contribution in [0.4, 0.5) is 0 Å². The molecule has 1 N–H and O–H groups in total. The third kappa shape index (κ3) is 3.55. The Hall–Kier alpha value is -0.123. The molecule has 0 aromatic carbocycles. The van der Waals surface area contributed by atoms with Crippen molar-refractivity contribution in [3.63, 3.8) is 0 Å². The summed E-state index contributed by atoms with van der Waals surface area (Å²) in [4.78, 5) is 0. The van der Waals surface area contributed by atoms with Crippen molar-refractivity contribution in [3.05, 3.63) is 11.6 Å². The molecule has 1 atom stereocenters. The van der Waals surface area contributed by atoms with E-state index in [9.17, 15) is 5.11 Å². The maximum Gasteiger partial charge on any atom is 0.200 e. The fraction of sp³-hybridized carbons (Fsp3) is 0.882. The third-order valence-corrected chi connectivity index (χ3v) is 11.1. The Morgan fingerprint density at radius 2 is 1.45 bits per heavy atom. The Bertz CT molecular complexity index is 334. The fourth-order valence-corrected chi connectivity index (χ4v) is 9.35. The number of hydrogen-bond acceptors (Lipinski definition) is 2. The molecule has 2 nitrogen and oxygen atoms in total. The molecule has 0 fully saturated rings. The molecule has 0 radical (unpaired) electrons. The SMILES string of the molecule is CC(C)[Si](OCCC(O)C1=CC1(C)C)(C(C)C)C(C)C. The molecule has 0 aromatic heterocycles. The molecule has 0 saturated carbocycles. The van der Waals surface area contributed by atoms with Crippen molar-refractivity contribution < 1.29 is 9.53 Å². The van der Waals surface area contributed by atoms with Gasteiger partial charge in [-0.25, -0.2) is 0 Å². The second kappa shape index (κ2) is 6.33. The minimum absolute atomic E-state index is 0.141. The summed E-state index contributed by atoms with van der Waals surface area (Å²) >= 11 is 0. The molecule has 3 heteroatoms. The third-order valence-electron chi connectivity index (χ3n) is 4.99. The van der Waals surface area contributed by atoms with E-state index in [0.717, 1.165) is 6.42 Å². The van der Waals surface area contributed by atoms with Gasteiger partial charge >= 0.3 is 0 Å². The van der Waals surface area contributed by atoms with Crippen molar-refractivity contribution in [1.29, 1.82) is 0 Å². The van der Waals surface area contributed by atoms with Crippen molar-refractivity contribution in [2.75, 3.05) is 6.61 Å². The Morgan fingerprint density at radius 1 is 1.05 bits per heavy atom. The van der Waals surface area contributed by atoms with E-state index in [2.05, 4.69) is 61.5 Å². The van der Waals surface area contributed by atoms with Gasteiger partial charge in [-0.15, -0.1) is 0 Å². The number of hydrogen-bond donors (Lipinski definition) is 1. The molecule has 0 saturated heterocycles. The van der Waals surface area contributed by atoms with Crippen LogP contribution in [0.25, 0.3) is 0 Å². The zero-order valence-corrected chi connectivity index (χ0v) is 15.7. The summed E-state index contributed by atoms with van der Waals surface area (Å²) in [6, 6.07) is 0. The van der Waals surface area contributed by atoms with Gasteiger partial charge in [-0.2, -0.15) is 0 Å². The minimum Gasteiger partial charge on any atom is -0.416 e. The average Bonchev–Trinajstić information content (AvgIpc) is 2.92. The van der Waals surface area contributed by atoms with Crippen LogP contribution in [0, 0.1) is 5.41 Å². The first-order valence-electron chi connectivity index (χ1n) is 8.11. The summed E-state index contributed by atoms with van der Waals surface area (Å²) in [5, 5.41) is 10.2. The van der Waals surface area contributed by atoms with Crippen LogP contribution in [0.5, 0.6) is 0 Å². The van der Waals surface area contributed by atoms with E-state index in [1.807, 2.05) is 0 Å². The summed E-state index contributed by atoms with van der Waals surface area (Å²) in [6.45, 7) is 18.8. The molecule has 1 aliphatic rings. The zero-order valence-electron chi connectivity index (χ0n) is 14.7. The molecule has 0 aliphatic heterocycles. The number of allylic oxidation sites excluding steroid dienone is 1. The summed E-state index contributed by atoms with van der Waals surface area (Å²) in [5.41, 5.74) is 3.15. The van der Waals surface area contributed by atoms with E-state index in [4.69, 9.17) is 4.43 Å². The summed E-state index contributed by atoms with van der Waals surface area (Å²) < 4.78 is 6.48. The fourth-order valence-electron chi connectivity index (χ4n) is 3.88. The molecule has 0 amide bonds. The van der Waals surface area contributed by atoms with Gasteiger partial charge in [0.25, 0.3) is 0 Å². The van der Waals surface area contributed by atoms with E-state index in [-0.39, 0.29) is 11.5 Å². The van der Waals surface area contributed by atoms with Crippen LogP contribution >= 0.6 is 0 Å². The lowest BCUT2D eigenvalue weighted by Crippen LogP contribution is -2.48. The van der Waals surface area contributed by atoms with Gasteiger partial charge in [0.15, 0.2) is 8.32 Å². The molecule has 0 bridgehead atoms. The maximum atomic E-state index is 10.2. The van der Waals surface area contributed by atoms with Crippen LogP contribution in [0.15, 0.2) is 11.6 Å². The van der Waals surface area contributed by atoms with E-state index in [0.29, 0.717) is 23.2 Å². The van der Waals surface area contributed by atoms with Crippen LogP contribution in [-0.4, -0.2) is 26.1 Å². The molecule has 0 spiro atoms. The van der Waals surface area contributed by atoms with Crippen molar-refractivity contribution in [2.24, 2.45) is 5.41 Å². The van der Waals surface area contributed by atoms with Gasteiger partial charge in [0, 0.05) is 12.0 Å².